The number of rotatable bonds is 13. The molecule has 0 heterocycles. The van der Waals surface area contributed by atoms with Gasteiger partial charge < -0.3 is 18.9 Å². The molecule has 0 fully saturated rings. The maximum atomic E-state index is 14.3. The van der Waals surface area contributed by atoms with Crippen molar-refractivity contribution in [3.63, 3.8) is 0 Å². The zero-order valence-corrected chi connectivity index (χ0v) is 28.3. The molecule has 4 aromatic rings. The summed E-state index contributed by atoms with van der Waals surface area (Å²) < 4.78 is 58.1. The molecule has 0 aliphatic rings. The molecule has 0 bridgehead atoms. The van der Waals surface area contributed by atoms with Crippen LogP contribution in [0.2, 0.25) is 0 Å². The number of hydrogen-bond donors (Lipinski definition) is 0. The second-order valence-electron chi connectivity index (χ2n) is 10.2. The van der Waals surface area contributed by atoms with Crippen molar-refractivity contribution in [1.82, 2.24) is 0 Å². The summed E-state index contributed by atoms with van der Waals surface area (Å²) in [7, 11) is 0. The molecule has 53 heavy (non-hydrogen) atoms. The van der Waals surface area contributed by atoms with E-state index < -0.39 is 68.5 Å². The van der Waals surface area contributed by atoms with E-state index in [4.69, 9.17) is 14.2 Å². The fourth-order valence-electron chi connectivity index (χ4n) is 3.97. The number of ether oxygens (including phenoxy) is 4. The van der Waals surface area contributed by atoms with Crippen LogP contribution in [0.3, 0.4) is 0 Å². The lowest BCUT2D eigenvalue weighted by Crippen LogP contribution is -2.27. The van der Waals surface area contributed by atoms with Crippen molar-refractivity contribution in [3.05, 3.63) is 151 Å². The molecule has 0 saturated carbocycles. The first-order chi connectivity index (χ1) is 25.3. The highest BCUT2D eigenvalue weighted by molar-refractivity contribution is 6.01. The van der Waals surface area contributed by atoms with Gasteiger partial charge in [0.1, 0.15) is 25.5 Å². The molecule has 0 aromatic heterocycles. The number of nitro benzene ring substituents is 2. The van der Waals surface area contributed by atoms with Gasteiger partial charge in [0.25, 0.3) is 11.4 Å². The molecule has 0 radical (unpaired) electrons. The van der Waals surface area contributed by atoms with Crippen LogP contribution < -0.4 is 0 Å². The van der Waals surface area contributed by atoms with Gasteiger partial charge in [-0.15, -0.1) is 0 Å². The van der Waals surface area contributed by atoms with E-state index in [0.29, 0.717) is 23.8 Å². The van der Waals surface area contributed by atoms with Crippen LogP contribution in [-0.4, -0.2) is 46.9 Å². The van der Waals surface area contributed by atoms with E-state index in [9.17, 15) is 52.6 Å². The minimum Gasteiger partial charge on any atom is -0.466 e. The Balaban J connectivity index is 0.000000305. The van der Waals surface area contributed by atoms with Gasteiger partial charge >= 0.3 is 23.9 Å². The van der Waals surface area contributed by atoms with Gasteiger partial charge in [0.2, 0.25) is 0 Å². The summed E-state index contributed by atoms with van der Waals surface area (Å²) in [6.07, 6.45) is -0.333. The highest BCUT2D eigenvalue weighted by Crippen LogP contribution is 2.26. The third kappa shape index (κ3) is 15.0. The van der Waals surface area contributed by atoms with E-state index in [0.717, 1.165) is 23.8 Å². The van der Waals surface area contributed by atoms with E-state index in [1.807, 2.05) is 30.3 Å². The smallest absolute Gasteiger partial charge is 0.325 e. The SMILES string of the molecule is CCOC(=O)C(C(=O)OCc1ccccc1)c1ccc([N+](=O)[O-])cc1F.CCOC(=O)CC(=O)OCc1ccccc1.O=[N+]([O-])c1ccc(F)c(F)c1. The predicted octanol–water partition coefficient (Wildman–Crippen LogP) is 6.68. The zero-order valence-electron chi connectivity index (χ0n) is 28.3. The standard InChI is InChI=1S/C18H16FNO6.C12H14O4.C6H3F2NO2/c1-2-25-17(21)16(14-9-8-13(20(23)24)10-15(14)19)18(22)26-11-12-6-4-3-5-7-12;1-2-15-11(13)8-12(14)16-9-10-6-4-3-5-7-10;7-5-2-1-4(9(10)11)3-6(5)8/h3-10,16H,2,11H2,1H3;3-7H,2,8-9H2,1H3;1-3H. The number of benzene rings is 4. The molecule has 4 rings (SSSR count). The van der Waals surface area contributed by atoms with Crippen molar-refractivity contribution in [2.75, 3.05) is 13.2 Å². The Labute approximate surface area is 300 Å². The summed E-state index contributed by atoms with van der Waals surface area (Å²) in [5.74, 6) is -8.13. The molecule has 0 saturated heterocycles. The van der Waals surface area contributed by atoms with Gasteiger partial charge in [-0.2, -0.15) is 0 Å². The van der Waals surface area contributed by atoms with Crippen LogP contribution >= 0.6 is 0 Å². The zero-order chi connectivity index (χ0) is 39.3. The second kappa shape index (κ2) is 22.2. The maximum Gasteiger partial charge on any atom is 0.325 e. The third-order valence-electron chi connectivity index (χ3n) is 6.44. The molecule has 4 aromatic carbocycles. The Kier molecular flexibility index (Phi) is 17.8. The van der Waals surface area contributed by atoms with Crippen molar-refractivity contribution in [2.45, 2.75) is 39.4 Å². The minimum atomic E-state index is -1.67. The Morgan fingerprint density at radius 3 is 1.51 bits per heavy atom. The molecule has 1 unspecified atom stereocenters. The van der Waals surface area contributed by atoms with Crippen molar-refractivity contribution in [2.24, 2.45) is 0 Å². The summed E-state index contributed by atoms with van der Waals surface area (Å²) in [4.78, 5) is 65.8. The second-order valence-corrected chi connectivity index (χ2v) is 10.2. The Bertz CT molecular complexity index is 1860. The van der Waals surface area contributed by atoms with Crippen molar-refractivity contribution >= 4 is 35.3 Å². The predicted molar refractivity (Wildman–Crippen MR) is 179 cm³/mol. The van der Waals surface area contributed by atoms with Gasteiger partial charge in [-0.1, -0.05) is 60.7 Å². The molecule has 1 atom stereocenters. The van der Waals surface area contributed by atoms with E-state index in [2.05, 4.69) is 4.74 Å². The summed E-state index contributed by atoms with van der Waals surface area (Å²) in [6, 6.07) is 22.8. The first-order valence-corrected chi connectivity index (χ1v) is 15.5. The van der Waals surface area contributed by atoms with Crippen LogP contribution in [0.1, 0.15) is 42.9 Å². The Hall–Kier alpha value is -6.65. The fourth-order valence-corrected chi connectivity index (χ4v) is 3.97. The molecule has 0 N–H and O–H groups in total. The number of esters is 4. The molecule has 14 nitrogen and oxygen atoms in total. The Morgan fingerprint density at radius 1 is 0.585 bits per heavy atom. The first kappa shape index (κ1) is 42.5. The molecule has 17 heteroatoms. The average Bonchev–Trinajstić information content (AvgIpc) is 3.13. The van der Waals surface area contributed by atoms with Gasteiger partial charge in [0.15, 0.2) is 17.6 Å². The van der Waals surface area contributed by atoms with Crippen LogP contribution in [0.5, 0.6) is 0 Å². The lowest BCUT2D eigenvalue weighted by atomic mass is 9.98. The fraction of sp³-hybridized carbons (Fsp3) is 0.222. The van der Waals surface area contributed by atoms with Crippen LogP contribution in [0.25, 0.3) is 0 Å². The van der Waals surface area contributed by atoms with Crippen LogP contribution in [0.4, 0.5) is 24.5 Å². The van der Waals surface area contributed by atoms with Gasteiger partial charge in [-0.3, -0.25) is 39.4 Å². The molecule has 0 amide bonds. The first-order valence-electron chi connectivity index (χ1n) is 15.5. The lowest BCUT2D eigenvalue weighted by molar-refractivity contribution is -0.385. The highest BCUT2D eigenvalue weighted by Gasteiger charge is 2.34. The van der Waals surface area contributed by atoms with E-state index >= 15 is 0 Å². The topological polar surface area (TPSA) is 191 Å². The summed E-state index contributed by atoms with van der Waals surface area (Å²) >= 11 is 0. The van der Waals surface area contributed by atoms with Gasteiger partial charge in [-0.05, 0) is 37.1 Å². The highest BCUT2D eigenvalue weighted by atomic mass is 19.2. The molecule has 280 valence electrons. The number of hydrogen-bond acceptors (Lipinski definition) is 12. The van der Waals surface area contributed by atoms with Crippen molar-refractivity contribution < 1.29 is 61.1 Å². The molecule has 0 aliphatic carbocycles. The van der Waals surface area contributed by atoms with Crippen LogP contribution in [0, 0.1) is 37.7 Å². The van der Waals surface area contributed by atoms with Crippen molar-refractivity contribution in [1.29, 1.82) is 0 Å². The summed E-state index contributed by atoms with van der Waals surface area (Å²) in [5, 5.41) is 20.7. The monoisotopic (exact) mass is 742 g/mol. The van der Waals surface area contributed by atoms with Gasteiger partial charge in [-0.25, -0.2) is 13.2 Å². The molecular weight excluding hydrogens is 709 g/mol. The number of non-ortho nitro benzene ring substituents is 2. The van der Waals surface area contributed by atoms with Gasteiger partial charge in [0.05, 0.1) is 35.2 Å². The molecular formula is C36H33F3N2O12. The summed E-state index contributed by atoms with van der Waals surface area (Å²) in [5.41, 5.74) is 0.287. The Morgan fingerprint density at radius 2 is 1.04 bits per heavy atom. The van der Waals surface area contributed by atoms with E-state index in [1.165, 1.54) is 6.92 Å². The van der Waals surface area contributed by atoms with Crippen LogP contribution in [-0.2, 0) is 51.3 Å². The van der Waals surface area contributed by atoms with Gasteiger partial charge in [0, 0.05) is 17.7 Å². The summed E-state index contributed by atoms with van der Waals surface area (Å²) in [6.45, 7) is 3.55. The quantitative estimate of drug-likeness (QED) is 0.0465. The van der Waals surface area contributed by atoms with Crippen LogP contribution in [0.15, 0.2) is 97.1 Å². The number of carbonyl (C=O) groups is 4. The number of nitrogens with zero attached hydrogens (tertiary/aromatic N) is 2. The third-order valence-corrected chi connectivity index (χ3v) is 6.44. The normalized spacial score (nSPS) is 10.5. The minimum absolute atomic E-state index is 0.0180. The average molecular weight is 743 g/mol. The lowest BCUT2D eigenvalue weighted by Gasteiger charge is -2.16. The molecule has 0 spiro atoms. The molecule has 0 aliphatic heterocycles. The number of halogens is 3. The number of carbonyl (C=O) groups excluding carboxylic acids is 4. The van der Waals surface area contributed by atoms with E-state index in [-0.39, 0.29) is 38.4 Å². The van der Waals surface area contributed by atoms with E-state index in [1.54, 1.807) is 37.3 Å². The number of nitro groups is 2. The van der Waals surface area contributed by atoms with Crippen molar-refractivity contribution in [3.8, 4) is 0 Å². The maximum absolute atomic E-state index is 14.3. The largest absolute Gasteiger partial charge is 0.466 e.